The second kappa shape index (κ2) is 3.26. The van der Waals surface area contributed by atoms with Crippen LogP contribution in [0, 0.1) is 11.8 Å². The molecule has 0 radical (unpaired) electrons. The molecule has 0 atom stereocenters. The summed E-state index contributed by atoms with van der Waals surface area (Å²) in [7, 11) is 0. The number of allylic oxidation sites excluding steroid dienone is 2. The van der Waals surface area contributed by atoms with Crippen molar-refractivity contribution in [2.45, 2.75) is 34.1 Å². The van der Waals surface area contributed by atoms with Crippen molar-refractivity contribution in [2.24, 2.45) is 11.8 Å². The number of rotatable bonds is 2. The van der Waals surface area contributed by atoms with E-state index in [0.29, 0.717) is 11.8 Å². The molecule has 14 heavy (non-hydrogen) atoms. The lowest BCUT2D eigenvalue weighted by molar-refractivity contribution is 0.726. The van der Waals surface area contributed by atoms with Crippen molar-refractivity contribution in [1.82, 2.24) is 9.55 Å². The molecular formula is C12H18N2. The van der Waals surface area contributed by atoms with Gasteiger partial charge in [-0.2, -0.15) is 0 Å². The van der Waals surface area contributed by atoms with E-state index in [0.717, 1.165) is 6.42 Å². The summed E-state index contributed by atoms with van der Waals surface area (Å²) in [5, 5.41) is 0. The predicted octanol–water partition coefficient (Wildman–Crippen LogP) is 2.96. The zero-order chi connectivity index (χ0) is 10.3. The molecule has 1 aliphatic heterocycles. The number of nitrogens with zero attached hydrogens (tertiary/aromatic N) is 2. The number of hydrogen-bond donors (Lipinski definition) is 0. The predicted molar refractivity (Wildman–Crippen MR) is 58.8 cm³/mol. The van der Waals surface area contributed by atoms with Crippen molar-refractivity contribution in [3.05, 3.63) is 23.8 Å². The standard InChI is InChI=1S/C12H18N2/c1-8(2)10-7-11-13-5-6-14(11)12(10)9(3)4/h5-6,8-9H,7H2,1-4H3. The maximum Gasteiger partial charge on any atom is 0.117 e. The Morgan fingerprint density at radius 3 is 2.50 bits per heavy atom. The van der Waals surface area contributed by atoms with Crippen LogP contribution in [-0.2, 0) is 6.42 Å². The quantitative estimate of drug-likeness (QED) is 0.701. The minimum absolute atomic E-state index is 0.586. The van der Waals surface area contributed by atoms with Crippen LogP contribution in [0.25, 0.3) is 5.70 Å². The molecule has 0 saturated carbocycles. The van der Waals surface area contributed by atoms with Crippen LogP contribution in [0.5, 0.6) is 0 Å². The Kier molecular flexibility index (Phi) is 2.22. The van der Waals surface area contributed by atoms with Gasteiger partial charge in [-0.1, -0.05) is 27.7 Å². The van der Waals surface area contributed by atoms with E-state index < -0.39 is 0 Å². The van der Waals surface area contributed by atoms with E-state index >= 15 is 0 Å². The maximum atomic E-state index is 4.38. The van der Waals surface area contributed by atoms with E-state index in [9.17, 15) is 0 Å². The van der Waals surface area contributed by atoms with E-state index in [2.05, 4.69) is 43.4 Å². The van der Waals surface area contributed by atoms with E-state index in [1.54, 1.807) is 5.57 Å². The molecule has 0 bridgehead atoms. The third kappa shape index (κ3) is 1.29. The summed E-state index contributed by atoms with van der Waals surface area (Å²) in [5.41, 5.74) is 3.02. The van der Waals surface area contributed by atoms with E-state index in [1.807, 2.05) is 6.20 Å². The van der Waals surface area contributed by atoms with Gasteiger partial charge in [-0.3, -0.25) is 0 Å². The van der Waals surface area contributed by atoms with Gasteiger partial charge in [-0.15, -0.1) is 0 Å². The molecule has 76 valence electrons. The summed E-state index contributed by atoms with van der Waals surface area (Å²) in [6, 6.07) is 0. The average molecular weight is 190 g/mol. The fourth-order valence-corrected chi connectivity index (χ4v) is 2.25. The van der Waals surface area contributed by atoms with Crippen LogP contribution in [0.1, 0.15) is 33.5 Å². The molecule has 0 aliphatic carbocycles. The van der Waals surface area contributed by atoms with Crippen molar-refractivity contribution in [3.63, 3.8) is 0 Å². The summed E-state index contributed by atoms with van der Waals surface area (Å²) < 4.78 is 2.26. The number of fused-ring (bicyclic) bond motifs is 1. The van der Waals surface area contributed by atoms with Crippen molar-refractivity contribution in [2.75, 3.05) is 0 Å². The molecule has 1 aromatic rings. The molecule has 0 unspecified atom stereocenters. The highest BCUT2D eigenvalue weighted by molar-refractivity contribution is 5.58. The topological polar surface area (TPSA) is 17.8 Å². The summed E-state index contributed by atoms with van der Waals surface area (Å²) in [4.78, 5) is 4.38. The normalized spacial score (nSPS) is 15.9. The smallest absolute Gasteiger partial charge is 0.117 e. The monoisotopic (exact) mass is 190 g/mol. The number of hydrogen-bond acceptors (Lipinski definition) is 1. The van der Waals surface area contributed by atoms with Gasteiger partial charge in [0.2, 0.25) is 0 Å². The fourth-order valence-electron chi connectivity index (χ4n) is 2.25. The van der Waals surface area contributed by atoms with Crippen LogP contribution in [0.3, 0.4) is 0 Å². The molecule has 2 heteroatoms. The second-order valence-corrected chi connectivity index (χ2v) is 4.61. The second-order valence-electron chi connectivity index (χ2n) is 4.61. The molecule has 0 N–H and O–H groups in total. The summed E-state index contributed by atoms with van der Waals surface area (Å²) in [5.74, 6) is 2.43. The highest BCUT2D eigenvalue weighted by atomic mass is 15.1. The number of aromatic nitrogens is 2. The van der Waals surface area contributed by atoms with Crippen LogP contribution < -0.4 is 0 Å². The first-order chi connectivity index (χ1) is 6.61. The first kappa shape index (κ1) is 9.50. The highest BCUT2D eigenvalue weighted by Crippen LogP contribution is 2.34. The van der Waals surface area contributed by atoms with Gasteiger partial charge < -0.3 is 4.57 Å². The van der Waals surface area contributed by atoms with Gasteiger partial charge in [-0.05, 0) is 17.4 Å². The van der Waals surface area contributed by atoms with Crippen LogP contribution in [0.4, 0.5) is 0 Å². The Bertz CT molecular complexity index is 369. The minimum atomic E-state index is 0.586. The van der Waals surface area contributed by atoms with Crippen LogP contribution in [0.2, 0.25) is 0 Å². The fraction of sp³-hybridized carbons (Fsp3) is 0.583. The Morgan fingerprint density at radius 1 is 1.21 bits per heavy atom. The van der Waals surface area contributed by atoms with Crippen molar-refractivity contribution in [3.8, 4) is 0 Å². The molecule has 0 amide bonds. The summed E-state index contributed by atoms with van der Waals surface area (Å²) in [6.45, 7) is 9.05. The van der Waals surface area contributed by atoms with Crippen LogP contribution >= 0.6 is 0 Å². The first-order valence-electron chi connectivity index (χ1n) is 5.36. The molecule has 0 spiro atoms. The summed E-state index contributed by atoms with van der Waals surface area (Å²) >= 11 is 0. The molecular weight excluding hydrogens is 172 g/mol. The molecule has 0 saturated heterocycles. The molecule has 0 fully saturated rings. The lowest BCUT2D eigenvalue weighted by Crippen LogP contribution is -2.03. The molecule has 2 nitrogen and oxygen atoms in total. The van der Waals surface area contributed by atoms with Crippen LogP contribution in [0.15, 0.2) is 18.0 Å². The lowest BCUT2D eigenvalue weighted by Gasteiger charge is -2.14. The van der Waals surface area contributed by atoms with Gasteiger partial charge in [0.1, 0.15) is 5.82 Å². The van der Waals surface area contributed by atoms with Crippen molar-refractivity contribution < 1.29 is 0 Å². The van der Waals surface area contributed by atoms with Gasteiger partial charge in [0.05, 0.1) is 0 Å². The minimum Gasteiger partial charge on any atom is -0.307 e. The SMILES string of the molecule is CC(C)C1=C(C(C)C)n2ccnc2C1. The molecule has 2 heterocycles. The van der Waals surface area contributed by atoms with Gasteiger partial charge in [0.15, 0.2) is 0 Å². The highest BCUT2D eigenvalue weighted by Gasteiger charge is 2.25. The number of imidazole rings is 1. The molecule has 2 rings (SSSR count). The Hall–Kier alpha value is -1.05. The molecule has 1 aliphatic rings. The Balaban J connectivity index is 2.49. The third-order valence-electron chi connectivity index (χ3n) is 2.90. The van der Waals surface area contributed by atoms with Crippen molar-refractivity contribution >= 4 is 5.70 Å². The van der Waals surface area contributed by atoms with E-state index in [1.165, 1.54) is 11.5 Å². The van der Waals surface area contributed by atoms with Gasteiger partial charge in [0, 0.05) is 24.5 Å². The zero-order valence-electron chi connectivity index (χ0n) is 9.41. The van der Waals surface area contributed by atoms with Crippen molar-refractivity contribution in [1.29, 1.82) is 0 Å². The van der Waals surface area contributed by atoms with E-state index in [-0.39, 0.29) is 0 Å². The van der Waals surface area contributed by atoms with Gasteiger partial charge in [0.25, 0.3) is 0 Å². The largest absolute Gasteiger partial charge is 0.307 e. The molecule has 1 aromatic heterocycles. The third-order valence-corrected chi connectivity index (χ3v) is 2.90. The van der Waals surface area contributed by atoms with Gasteiger partial charge >= 0.3 is 0 Å². The maximum absolute atomic E-state index is 4.38. The Labute approximate surface area is 85.7 Å². The lowest BCUT2D eigenvalue weighted by atomic mass is 9.95. The zero-order valence-corrected chi connectivity index (χ0v) is 9.41. The summed E-state index contributed by atoms with van der Waals surface area (Å²) in [6.07, 6.45) is 5.02. The molecule has 0 aromatic carbocycles. The van der Waals surface area contributed by atoms with Crippen LogP contribution in [-0.4, -0.2) is 9.55 Å². The van der Waals surface area contributed by atoms with Gasteiger partial charge in [-0.25, -0.2) is 4.98 Å². The first-order valence-corrected chi connectivity index (χ1v) is 5.36. The average Bonchev–Trinajstić information content (AvgIpc) is 2.58. The van der Waals surface area contributed by atoms with E-state index in [4.69, 9.17) is 0 Å². The Morgan fingerprint density at radius 2 is 1.93 bits per heavy atom.